The second-order valence-electron chi connectivity index (χ2n) is 8.15. The van der Waals surface area contributed by atoms with Gasteiger partial charge in [0, 0.05) is 56.8 Å². The Balaban J connectivity index is 1.42. The lowest BCUT2D eigenvalue weighted by Crippen LogP contribution is -2.39. The van der Waals surface area contributed by atoms with Crippen molar-refractivity contribution >= 4 is 27.4 Å². The normalized spacial score (nSPS) is 15.2. The van der Waals surface area contributed by atoms with Crippen molar-refractivity contribution in [3.05, 3.63) is 69.6 Å². The van der Waals surface area contributed by atoms with Crippen LogP contribution in [0.5, 0.6) is 5.75 Å². The molecular formula is C22H19ClF4N4O4S. The fourth-order valence-corrected chi connectivity index (χ4v) is 5.03. The van der Waals surface area contributed by atoms with E-state index < -0.39 is 33.0 Å². The number of piperidine rings is 1. The predicted molar refractivity (Wildman–Crippen MR) is 123 cm³/mol. The van der Waals surface area contributed by atoms with E-state index in [1.54, 1.807) is 4.90 Å². The smallest absolute Gasteiger partial charge is 0.419 e. The molecule has 4 rings (SSSR count). The van der Waals surface area contributed by atoms with Crippen molar-refractivity contribution < 1.29 is 30.7 Å². The third-order valence-electron chi connectivity index (χ3n) is 5.54. The van der Waals surface area contributed by atoms with Crippen LogP contribution in [0.4, 0.5) is 23.5 Å². The maximum absolute atomic E-state index is 14.6. The minimum atomic E-state index is -4.51. The number of nitrogens with zero attached hydrogens (tertiary/aromatic N) is 4. The Hall–Kier alpha value is -3.19. The van der Waals surface area contributed by atoms with Crippen molar-refractivity contribution in [2.24, 2.45) is 0 Å². The molecule has 3 heterocycles. The minimum Gasteiger partial charge on any atom is -0.490 e. The average molecular weight is 547 g/mol. The van der Waals surface area contributed by atoms with Gasteiger partial charge in [-0.3, -0.25) is 9.36 Å². The summed E-state index contributed by atoms with van der Waals surface area (Å²) >= 11 is 5.98. The number of hydrogen-bond donors (Lipinski definition) is 0. The molecule has 0 atom stereocenters. The van der Waals surface area contributed by atoms with Gasteiger partial charge in [-0.05, 0) is 18.2 Å². The first-order chi connectivity index (χ1) is 16.8. The first-order valence-corrected chi connectivity index (χ1v) is 12.8. The SMILES string of the molecule is CS(=O)(=O)c1cc(F)c(-n2ccc(OC3CCN(c4ncc(C(F)(F)F)cn4)CC3)cc2=O)cc1Cl. The Labute approximate surface area is 208 Å². The number of ether oxygens (including phenoxy) is 1. The van der Waals surface area contributed by atoms with Gasteiger partial charge in [-0.1, -0.05) is 11.6 Å². The summed E-state index contributed by atoms with van der Waals surface area (Å²) < 4.78 is 82.9. The Kier molecular flexibility index (Phi) is 6.97. The van der Waals surface area contributed by atoms with Gasteiger partial charge in [0.05, 0.1) is 21.2 Å². The van der Waals surface area contributed by atoms with E-state index in [1.165, 1.54) is 18.3 Å². The zero-order valence-corrected chi connectivity index (χ0v) is 20.2. The van der Waals surface area contributed by atoms with Gasteiger partial charge in [-0.15, -0.1) is 0 Å². The number of hydrogen-bond acceptors (Lipinski definition) is 7. The van der Waals surface area contributed by atoms with Gasteiger partial charge in [0.25, 0.3) is 5.56 Å². The van der Waals surface area contributed by atoms with Gasteiger partial charge in [0.15, 0.2) is 9.84 Å². The number of aromatic nitrogens is 3. The fourth-order valence-electron chi connectivity index (χ4n) is 3.72. The summed E-state index contributed by atoms with van der Waals surface area (Å²) in [6.45, 7) is 0.868. The zero-order chi connectivity index (χ0) is 26.3. The van der Waals surface area contributed by atoms with Crippen LogP contribution < -0.4 is 15.2 Å². The second-order valence-corrected chi connectivity index (χ2v) is 10.5. The lowest BCUT2D eigenvalue weighted by Gasteiger charge is -2.32. The summed E-state index contributed by atoms with van der Waals surface area (Å²) in [6, 6.07) is 4.46. The highest BCUT2D eigenvalue weighted by Crippen LogP contribution is 2.29. The number of anilines is 1. The van der Waals surface area contributed by atoms with E-state index in [-0.39, 0.29) is 33.4 Å². The molecule has 1 aliphatic rings. The molecule has 1 saturated heterocycles. The molecule has 1 aromatic carbocycles. The van der Waals surface area contributed by atoms with Crippen molar-refractivity contribution in [2.45, 2.75) is 30.0 Å². The molecule has 8 nitrogen and oxygen atoms in total. The summed E-state index contributed by atoms with van der Waals surface area (Å²) in [6.07, 6.45) is -0.105. The van der Waals surface area contributed by atoms with E-state index in [9.17, 15) is 30.8 Å². The fraction of sp³-hybridized carbons (Fsp3) is 0.318. The minimum absolute atomic E-state index is 0.187. The molecule has 0 bridgehead atoms. The monoisotopic (exact) mass is 546 g/mol. The number of halogens is 5. The topological polar surface area (TPSA) is 94.4 Å². The third-order valence-corrected chi connectivity index (χ3v) is 7.11. The van der Waals surface area contributed by atoms with Gasteiger partial charge >= 0.3 is 6.18 Å². The van der Waals surface area contributed by atoms with Crippen LogP contribution in [0.1, 0.15) is 18.4 Å². The molecule has 0 N–H and O–H groups in total. The molecule has 0 radical (unpaired) electrons. The highest BCUT2D eigenvalue weighted by atomic mass is 35.5. The van der Waals surface area contributed by atoms with Crippen LogP contribution in [0.2, 0.25) is 5.02 Å². The molecule has 0 aliphatic carbocycles. The van der Waals surface area contributed by atoms with Gasteiger partial charge in [-0.2, -0.15) is 13.2 Å². The van der Waals surface area contributed by atoms with Crippen LogP contribution in [0.25, 0.3) is 5.69 Å². The van der Waals surface area contributed by atoms with Gasteiger partial charge in [0.2, 0.25) is 5.95 Å². The summed E-state index contributed by atoms with van der Waals surface area (Å²) in [7, 11) is -3.75. The Morgan fingerprint density at radius 1 is 1.11 bits per heavy atom. The van der Waals surface area contributed by atoms with Crippen LogP contribution in [-0.2, 0) is 16.0 Å². The first kappa shape index (κ1) is 25.9. The molecule has 1 fully saturated rings. The molecule has 2 aromatic heterocycles. The summed E-state index contributed by atoms with van der Waals surface area (Å²) in [5.41, 5.74) is -1.76. The predicted octanol–water partition coefficient (Wildman–Crippen LogP) is 3.89. The number of sulfone groups is 1. The third kappa shape index (κ3) is 5.62. The van der Waals surface area contributed by atoms with Crippen LogP contribution in [-0.4, -0.2) is 48.4 Å². The molecule has 14 heteroatoms. The highest BCUT2D eigenvalue weighted by molar-refractivity contribution is 7.90. The summed E-state index contributed by atoms with van der Waals surface area (Å²) in [4.78, 5) is 21.6. The molecule has 192 valence electrons. The van der Waals surface area contributed by atoms with Crippen molar-refractivity contribution in [3.63, 3.8) is 0 Å². The number of benzene rings is 1. The van der Waals surface area contributed by atoms with E-state index in [0.717, 1.165) is 35.3 Å². The Bertz CT molecular complexity index is 1440. The molecule has 0 amide bonds. The number of alkyl halides is 3. The largest absolute Gasteiger partial charge is 0.490 e. The van der Waals surface area contributed by atoms with E-state index in [2.05, 4.69) is 9.97 Å². The first-order valence-electron chi connectivity index (χ1n) is 10.6. The van der Waals surface area contributed by atoms with Crippen LogP contribution in [0.3, 0.4) is 0 Å². The van der Waals surface area contributed by atoms with Crippen LogP contribution in [0.15, 0.2) is 52.5 Å². The molecular weight excluding hydrogens is 528 g/mol. The Morgan fingerprint density at radius 2 is 1.75 bits per heavy atom. The second kappa shape index (κ2) is 9.69. The molecule has 36 heavy (non-hydrogen) atoms. The summed E-state index contributed by atoms with van der Waals surface area (Å²) in [5.74, 6) is -0.500. The van der Waals surface area contributed by atoms with Gasteiger partial charge in [0.1, 0.15) is 17.7 Å². The lowest BCUT2D eigenvalue weighted by atomic mass is 10.1. The van der Waals surface area contributed by atoms with Crippen molar-refractivity contribution in [3.8, 4) is 11.4 Å². The maximum atomic E-state index is 14.6. The number of pyridine rings is 1. The van der Waals surface area contributed by atoms with E-state index in [0.29, 0.717) is 25.9 Å². The quantitative estimate of drug-likeness (QED) is 0.448. The van der Waals surface area contributed by atoms with E-state index in [4.69, 9.17) is 16.3 Å². The van der Waals surface area contributed by atoms with Crippen LogP contribution in [0, 0.1) is 5.82 Å². The molecule has 0 saturated carbocycles. The van der Waals surface area contributed by atoms with Crippen LogP contribution >= 0.6 is 11.6 Å². The average Bonchev–Trinajstić information content (AvgIpc) is 2.80. The van der Waals surface area contributed by atoms with Gasteiger partial charge in [-0.25, -0.2) is 22.8 Å². The van der Waals surface area contributed by atoms with E-state index >= 15 is 0 Å². The van der Waals surface area contributed by atoms with Crippen molar-refractivity contribution in [1.82, 2.24) is 14.5 Å². The standard InChI is InChI=1S/C22H19ClF4N4O4S/c1-36(33,34)19-10-17(24)18(9-16(19)23)31-7-4-15(8-20(31)32)35-14-2-5-30(6-3-14)21-28-11-13(12-29-21)22(25,26)27/h4,7-12,14H,2-3,5-6H2,1H3. The highest BCUT2D eigenvalue weighted by Gasteiger charge is 2.32. The molecule has 0 unspecified atom stereocenters. The molecule has 1 aliphatic heterocycles. The Morgan fingerprint density at radius 3 is 2.31 bits per heavy atom. The van der Waals surface area contributed by atoms with E-state index in [1.807, 2.05) is 0 Å². The van der Waals surface area contributed by atoms with Crippen molar-refractivity contribution in [1.29, 1.82) is 0 Å². The van der Waals surface area contributed by atoms with Crippen molar-refractivity contribution in [2.75, 3.05) is 24.2 Å². The lowest BCUT2D eigenvalue weighted by molar-refractivity contribution is -0.138. The maximum Gasteiger partial charge on any atom is 0.419 e. The summed E-state index contributed by atoms with van der Waals surface area (Å²) in [5, 5.41) is -0.218. The molecule has 0 spiro atoms. The van der Waals surface area contributed by atoms with Gasteiger partial charge < -0.3 is 9.64 Å². The number of rotatable bonds is 5. The zero-order valence-electron chi connectivity index (χ0n) is 18.7. The molecule has 3 aromatic rings.